The predicted molar refractivity (Wildman–Crippen MR) is 77.1 cm³/mol. The molecule has 5 nitrogen and oxygen atoms in total. The highest BCUT2D eigenvalue weighted by atomic mass is 16.2. The second kappa shape index (κ2) is 5.00. The number of aryl methyl sites for hydroxylation is 1. The summed E-state index contributed by atoms with van der Waals surface area (Å²) in [5, 5.41) is 6.75. The molecule has 1 aliphatic rings. The molecule has 2 aromatic rings. The lowest BCUT2D eigenvalue weighted by Crippen LogP contribution is -2.33. The number of aromatic nitrogens is 2. The maximum Gasteiger partial charge on any atom is 0.257 e. The SMILES string of the molecule is Cc1[nH]ncc1C(=O)N(Cc1ccccc1N)C1CC1. The van der Waals surface area contributed by atoms with Crippen LogP contribution >= 0.6 is 0 Å². The Hall–Kier alpha value is -2.30. The van der Waals surface area contributed by atoms with Crippen molar-refractivity contribution in [2.45, 2.75) is 32.4 Å². The Kier molecular flexibility index (Phi) is 3.18. The number of rotatable bonds is 4. The maximum atomic E-state index is 12.6. The largest absolute Gasteiger partial charge is 0.398 e. The fraction of sp³-hybridized carbons (Fsp3) is 0.333. The number of H-pyrrole nitrogens is 1. The average Bonchev–Trinajstić information content (AvgIpc) is 3.19. The summed E-state index contributed by atoms with van der Waals surface area (Å²) in [6, 6.07) is 8.03. The molecule has 5 heteroatoms. The lowest BCUT2D eigenvalue weighted by Gasteiger charge is -2.23. The molecule has 1 heterocycles. The highest BCUT2D eigenvalue weighted by Gasteiger charge is 2.34. The average molecular weight is 270 g/mol. The first-order valence-corrected chi connectivity index (χ1v) is 6.81. The van der Waals surface area contributed by atoms with Crippen LogP contribution < -0.4 is 5.73 Å². The van der Waals surface area contributed by atoms with E-state index in [0.29, 0.717) is 18.2 Å². The lowest BCUT2D eigenvalue weighted by molar-refractivity contribution is 0.0729. The van der Waals surface area contributed by atoms with E-state index in [-0.39, 0.29) is 5.91 Å². The van der Waals surface area contributed by atoms with Crippen LogP contribution in [-0.2, 0) is 6.54 Å². The molecular weight excluding hydrogens is 252 g/mol. The van der Waals surface area contributed by atoms with Gasteiger partial charge in [-0.05, 0) is 31.4 Å². The number of nitrogen functional groups attached to an aromatic ring is 1. The number of para-hydroxylation sites is 1. The van der Waals surface area contributed by atoms with E-state index in [4.69, 9.17) is 5.73 Å². The molecule has 0 bridgehead atoms. The fourth-order valence-electron chi connectivity index (χ4n) is 2.34. The van der Waals surface area contributed by atoms with Crippen molar-refractivity contribution in [1.29, 1.82) is 0 Å². The molecule has 0 atom stereocenters. The number of carbonyl (C=O) groups excluding carboxylic acids is 1. The van der Waals surface area contributed by atoms with Gasteiger partial charge < -0.3 is 10.6 Å². The van der Waals surface area contributed by atoms with E-state index in [1.54, 1.807) is 6.20 Å². The number of benzene rings is 1. The lowest BCUT2D eigenvalue weighted by atomic mass is 10.1. The van der Waals surface area contributed by atoms with Gasteiger partial charge in [-0.3, -0.25) is 9.89 Å². The second-order valence-corrected chi connectivity index (χ2v) is 5.27. The third-order valence-electron chi connectivity index (χ3n) is 3.70. The number of anilines is 1. The van der Waals surface area contributed by atoms with Gasteiger partial charge in [-0.25, -0.2) is 0 Å². The fourth-order valence-corrected chi connectivity index (χ4v) is 2.34. The van der Waals surface area contributed by atoms with E-state index in [0.717, 1.165) is 29.8 Å². The van der Waals surface area contributed by atoms with Crippen molar-refractivity contribution in [2.75, 3.05) is 5.73 Å². The van der Waals surface area contributed by atoms with Crippen LogP contribution in [0.3, 0.4) is 0 Å². The third-order valence-corrected chi connectivity index (χ3v) is 3.70. The molecule has 0 radical (unpaired) electrons. The van der Waals surface area contributed by atoms with E-state index >= 15 is 0 Å². The smallest absolute Gasteiger partial charge is 0.257 e. The number of nitrogens with one attached hydrogen (secondary N) is 1. The number of amides is 1. The van der Waals surface area contributed by atoms with E-state index < -0.39 is 0 Å². The summed E-state index contributed by atoms with van der Waals surface area (Å²) in [6.07, 6.45) is 3.73. The second-order valence-electron chi connectivity index (χ2n) is 5.27. The number of hydrogen-bond donors (Lipinski definition) is 2. The Morgan fingerprint density at radius 1 is 1.45 bits per heavy atom. The molecule has 3 rings (SSSR count). The van der Waals surface area contributed by atoms with Gasteiger partial charge in [0.2, 0.25) is 0 Å². The van der Waals surface area contributed by atoms with Gasteiger partial charge in [0.15, 0.2) is 0 Å². The van der Waals surface area contributed by atoms with Crippen molar-refractivity contribution in [3.8, 4) is 0 Å². The summed E-state index contributed by atoms with van der Waals surface area (Å²) in [4.78, 5) is 14.6. The molecule has 1 amide bonds. The molecule has 1 aromatic carbocycles. The Morgan fingerprint density at radius 3 is 2.80 bits per heavy atom. The van der Waals surface area contributed by atoms with Crippen LogP contribution in [0.1, 0.15) is 34.5 Å². The van der Waals surface area contributed by atoms with Gasteiger partial charge >= 0.3 is 0 Å². The molecule has 104 valence electrons. The molecule has 0 aliphatic heterocycles. The van der Waals surface area contributed by atoms with Crippen LogP contribution in [0, 0.1) is 6.92 Å². The van der Waals surface area contributed by atoms with E-state index in [1.165, 1.54) is 0 Å². The van der Waals surface area contributed by atoms with Gasteiger partial charge in [0.1, 0.15) is 0 Å². The Bertz CT molecular complexity index is 630. The van der Waals surface area contributed by atoms with Crippen molar-refractivity contribution in [2.24, 2.45) is 0 Å². The van der Waals surface area contributed by atoms with E-state index in [9.17, 15) is 4.79 Å². The molecule has 0 saturated heterocycles. The monoisotopic (exact) mass is 270 g/mol. The summed E-state index contributed by atoms with van der Waals surface area (Å²) in [5.41, 5.74) is 9.16. The minimum Gasteiger partial charge on any atom is -0.398 e. The van der Waals surface area contributed by atoms with Crippen LogP contribution in [0.5, 0.6) is 0 Å². The van der Waals surface area contributed by atoms with Crippen molar-refractivity contribution in [1.82, 2.24) is 15.1 Å². The molecule has 0 unspecified atom stereocenters. The maximum absolute atomic E-state index is 12.6. The summed E-state index contributed by atoms with van der Waals surface area (Å²) < 4.78 is 0. The highest BCUT2D eigenvalue weighted by Crippen LogP contribution is 2.31. The highest BCUT2D eigenvalue weighted by molar-refractivity contribution is 5.95. The topological polar surface area (TPSA) is 75.0 Å². The molecule has 1 aliphatic carbocycles. The first kappa shape index (κ1) is 12.7. The van der Waals surface area contributed by atoms with Gasteiger partial charge in [0, 0.05) is 24.0 Å². The van der Waals surface area contributed by atoms with E-state index in [1.807, 2.05) is 36.1 Å². The minimum atomic E-state index is 0.0296. The number of carbonyl (C=O) groups is 1. The quantitative estimate of drug-likeness (QED) is 0.835. The van der Waals surface area contributed by atoms with Crippen LogP contribution in [0.25, 0.3) is 0 Å². The molecule has 0 spiro atoms. The third kappa shape index (κ3) is 2.39. The van der Waals surface area contributed by atoms with Crippen LogP contribution in [0.4, 0.5) is 5.69 Å². The molecule has 20 heavy (non-hydrogen) atoms. The zero-order valence-electron chi connectivity index (χ0n) is 11.5. The van der Waals surface area contributed by atoms with Crippen LogP contribution in [0.15, 0.2) is 30.5 Å². The molecule has 3 N–H and O–H groups in total. The summed E-state index contributed by atoms with van der Waals surface area (Å²) >= 11 is 0. The Balaban J connectivity index is 1.85. The molecule has 1 fully saturated rings. The normalized spacial score (nSPS) is 14.2. The van der Waals surface area contributed by atoms with Gasteiger partial charge in [-0.15, -0.1) is 0 Å². The number of nitrogens with two attached hydrogens (primary N) is 1. The van der Waals surface area contributed by atoms with Crippen molar-refractivity contribution in [3.63, 3.8) is 0 Å². The standard InChI is InChI=1S/C15H18N4O/c1-10-13(8-17-18-10)15(20)19(12-6-7-12)9-11-4-2-3-5-14(11)16/h2-5,8,12H,6-7,9,16H2,1H3,(H,17,18). The molecule has 1 saturated carbocycles. The molecule has 1 aromatic heterocycles. The Labute approximate surface area is 117 Å². The number of aromatic amines is 1. The van der Waals surface area contributed by atoms with Crippen LogP contribution in [-0.4, -0.2) is 27.0 Å². The van der Waals surface area contributed by atoms with Gasteiger partial charge in [-0.2, -0.15) is 5.10 Å². The van der Waals surface area contributed by atoms with Gasteiger partial charge in [-0.1, -0.05) is 18.2 Å². The van der Waals surface area contributed by atoms with Gasteiger partial charge in [0.05, 0.1) is 11.8 Å². The summed E-state index contributed by atoms with van der Waals surface area (Å²) in [5.74, 6) is 0.0296. The van der Waals surface area contributed by atoms with Crippen molar-refractivity contribution >= 4 is 11.6 Å². The number of nitrogens with zero attached hydrogens (tertiary/aromatic N) is 2. The summed E-state index contributed by atoms with van der Waals surface area (Å²) in [7, 11) is 0. The zero-order valence-corrected chi connectivity index (χ0v) is 11.5. The Morgan fingerprint density at radius 2 is 2.20 bits per heavy atom. The van der Waals surface area contributed by atoms with Gasteiger partial charge in [0.25, 0.3) is 5.91 Å². The predicted octanol–water partition coefficient (Wildman–Crippen LogP) is 2.11. The van der Waals surface area contributed by atoms with Crippen molar-refractivity contribution < 1.29 is 4.79 Å². The van der Waals surface area contributed by atoms with E-state index in [2.05, 4.69) is 10.2 Å². The first-order chi connectivity index (χ1) is 9.66. The molecular formula is C15H18N4O. The van der Waals surface area contributed by atoms with Crippen LogP contribution in [0.2, 0.25) is 0 Å². The number of hydrogen-bond acceptors (Lipinski definition) is 3. The summed E-state index contributed by atoms with van der Waals surface area (Å²) in [6.45, 7) is 2.42. The zero-order chi connectivity index (χ0) is 14.1. The van der Waals surface area contributed by atoms with Crippen molar-refractivity contribution in [3.05, 3.63) is 47.3 Å². The minimum absolute atomic E-state index is 0.0296. The first-order valence-electron chi connectivity index (χ1n) is 6.81.